The van der Waals surface area contributed by atoms with Crippen LogP contribution in [-0.2, 0) is 27.3 Å². The van der Waals surface area contributed by atoms with Crippen LogP contribution < -0.4 is 32.6 Å². The topological polar surface area (TPSA) is 166 Å². The molecule has 13 heteroatoms. The van der Waals surface area contributed by atoms with Gasteiger partial charge in [0, 0.05) is 32.7 Å². The van der Waals surface area contributed by atoms with Crippen LogP contribution >= 0.6 is 0 Å². The van der Waals surface area contributed by atoms with E-state index in [-0.39, 0.29) is 57.2 Å². The second kappa shape index (κ2) is 15.7. The zero-order chi connectivity index (χ0) is 28.8. The second-order valence-corrected chi connectivity index (χ2v) is 8.76. The zero-order valence-corrected chi connectivity index (χ0v) is 21.5. The highest BCUT2D eigenvalue weighted by atomic mass is 19.4. The lowest BCUT2D eigenvalue weighted by Crippen LogP contribution is -2.53. The lowest BCUT2D eigenvalue weighted by atomic mass is 10.0. The van der Waals surface area contributed by atoms with Crippen LogP contribution in [0, 0.1) is 0 Å². The van der Waals surface area contributed by atoms with Gasteiger partial charge in [-0.15, -0.1) is 13.2 Å². The Morgan fingerprint density at radius 1 is 0.897 bits per heavy atom. The fraction of sp³-hybridized carbons (Fsp3) is 0.423. The fourth-order valence-electron chi connectivity index (χ4n) is 3.71. The largest absolute Gasteiger partial charge is 0.573 e. The minimum Gasteiger partial charge on any atom is -0.406 e. The Labute approximate surface area is 225 Å². The monoisotopic (exact) mass is 552 g/mol. The van der Waals surface area contributed by atoms with E-state index in [0.29, 0.717) is 12.0 Å². The van der Waals surface area contributed by atoms with Crippen molar-refractivity contribution in [1.82, 2.24) is 15.5 Å². The van der Waals surface area contributed by atoms with Crippen molar-refractivity contribution in [3.63, 3.8) is 0 Å². The van der Waals surface area contributed by atoms with Crippen LogP contribution in [0.25, 0.3) is 0 Å². The average molecular weight is 553 g/mol. The van der Waals surface area contributed by atoms with E-state index in [9.17, 15) is 27.6 Å². The first-order valence-corrected chi connectivity index (χ1v) is 12.4. The highest BCUT2D eigenvalue weighted by Crippen LogP contribution is 2.22. The molecule has 0 fully saturated rings. The molecule has 2 aromatic rings. The number of nitrogens with one attached hydrogen (secondary N) is 2. The fourth-order valence-corrected chi connectivity index (χ4v) is 3.71. The van der Waals surface area contributed by atoms with Crippen LogP contribution in [0.3, 0.4) is 0 Å². The third-order valence-electron chi connectivity index (χ3n) is 5.70. The molecular formula is C26H35F3N6O4. The highest BCUT2D eigenvalue weighted by Gasteiger charge is 2.31. The maximum atomic E-state index is 13.0. The number of rotatable bonds is 15. The number of amides is 3. The number of ether oxygens (including phenoxy) is 1. The van der Waals surface area contributed by atoms with Crippen LogP contribution in [0.5, 0.6) is 5.75 Å². The molecule has 0 unspecified atom stereocenters. The van der Waals surface area contributed by atoms with E-state index in [1.165, 1.54) is 17.0 Å². The second-order valence-electron chi connectivity index (χ2n) is 8.76. The number of carbonyl (C=O) groups is 3. The first-order chi connectivity index (χ1) is 18.5. The van der Waals surface area contributed by atoms with Gasteiger partial charge in [0.05, 0.1) is 12.5 Å². The standard InChI is InChI=1S/C26H35F3N6O4/c27-26(28,29)39-20-9-6-19(7-10-20)17-33-25(38)22(11-8-18-4-2-1-3-5-18)34-24(37)21(32)16-23(36)35(14-12-30)15-13-31/h1-7,9-10,21-22H,8,11-17,30-32H2,(H,33,38)(H,34,37)/t21-,22-/m0/s1. The van der Waals surface area contributed by atoms with E-state index >= 15 is 0 Å². The predicted molar refractivity (Wildman–Crippen MR) is 139 cm³/mol. The molecule has 2 aromatic carbocycles. The van der Waals surface area contributed by atoms with E-state index in [4.69, 9.17) is 17.2 Å². The number of alkyl halides is 3. The number of nitrogens with two attached hydrogens (primary N) is 3. The van der Waals surface area contributed by atoms with E-state index < -0.39 is 30.3 Å². The average Bonchev–Trinajstić information content (AvgIpc) is 2.89. The molecule has 214 valence electrons. The Morgan fingerprint density at radius 3 is 2.08 bits per heavy atom. The molecule has 10 nitrogen and oxygen atoms in total. The maximum absolute atomic E-state index is 13.0. The molecular weight excluding hydrogens is 517 g/mol. The van der Waals surface area contributed by atoms with Crippen molar-refractivity contribution in [2.24, 2.45) is 17.2 Å². The van der Waals surface area contributed by atoms with Gasteiger partial charge in [0.15, 0.2) is 0 Å². The highest BCUT2D eigenvalue weighted by molar-refractivity contribution is 5.92. The summed E-state index contributed by atoms with van der Waals surface area (Å²) in [6.45, 7) is 1.01. The smallest absolute Gasteiger partial charge is 0.406 e. The summed E-state index contributed by atoms with van der Waals surface area (Å²) in [4.78, 5) is 39.8. The Kier molecular flexibility index (Phi) is 12.7. The van der Waals surface area contributed by atoms with Gasteiger partial charge in [-0.1, -0.05) is 42.5 Å². The molecule has 0 saturated heterocycles. The molecule has 2 rings (SSSR count). The Bertz CT molecular complexity index is 1050. The SMILES string of the molecule is NCCN(CCN)C(=O)C[C@H](N)C(=O)N[C@@H](CCc1ccccc1)C(=O)NCc1ccc(OC(F)(F)F)cc1. The molecule has 0 spiro atoms. The number of hydrogen-bond acceptors (Lipinski definition) is 7. The van der Waals surface area contributed by atoms with Gasteiger partial charge in [-0.25, -0.2) is 0 Å². The van der Waals surface area contributed by atoms with Gasteiger partial charge < -0.3 is 37.5 Å². The molecule has 0 aliphatic carbocycles. The van der Waals surface area contributed by atoms with Gasteiger partial charge in [0.2, 0.25) is 17.7 Å². The predicted octanol–water partition coefficient (Wildman–Crippen LogP) is 0.782. The van der Waals surface area contributed by atoms with E-state index in [0.717, 1.165) is 17.7 Å². The third kappa shape index (κ3) is 11.7. The Balaban J connectivity index is 2.03. The first-order valence-electron chi connectivity index (χ1n) is 12.4. The van der Waals surface area contributed by atoms with Crippen LogP contribution in [0.15, 0.2) is 54.6 Å². The zero-order valence-electron chi connectivity index (χ0n) is 21.5. The molecule has 0 bridgehead atoms. The first kappa shape index (κ1) is 31.5. The summed E-state index contributed by atoms with van der Waals surface area (Å²) in [7, 11) is 0. The summed E-state index contributed by atoms with van der Waals surface area (Å²) >= 11 is 0. The van der Waals surface area contributed by atoms with Crippen LogP contribution in [0.2, 0.25) is 0 Å². The van der Waals surface area contributed by atoms with Gasteiger partial charge in [-0.05, 0) is 36.1 Å². The number of nitrogens with zero attached hydrogens (tertiary/aromatic N) is 1. The number of benzene rings is 2. The summed E-state index contributed by atoms with van der Waals surface area (Å²) < 4.78 is 40.9. The lowest BCUT2D eigenvalue weighted by Gasteiger charge is -2.24. The molecule has 0 aromatic heterocycles. The molecule has 0 heterocycles. The number of carbonyl (C=O) groups excluding carboxylic acids is 3. The van der Waals surface area contributed by atoms with Gasteiger partial charge in [-0.3, -0.25) is 14.4 Å². The van der Waals surface area contributed by atoms with Gasteiger partial charge in [0.25, 0.3) is 0 Å². The third-order valence-corrected chi connectivity index (χ3v) is 5.70. The summed E-state index contributed by atoms with van der Waals surface area (Å²) in [6.07, 6.45) is -4.38. The molecule has 3 amide bonds. The van der Waals surface area contributed by atoms with Crippen LogP contribution in [0.4, 0.5) is 13.2 Å². The van der Waals surface area contributed by atoms with Crippen molar-refractivity contribution in [2.75, 3.05) is 26.2 Å². The quantitative estimate of drug-likeness (QED) is 0.218. The van der Waals surface area contributed by atoms with Gasteiger partial charge >= 0.3 is 6.36 Å². The van der Waals surface area contributed by atoms with Gasteiger partial charge in [0.1, 0.15) is 11.8 Å². The molecule has 0 aliphatic heterocycles. The summed E-state index contributed by atoms with van der Waals surface area (Å²) in [5.41, 5.74) is 18.5. The molecule has 2 atom stereocenters. The molecule has 39 heavy (non-hydrogen) atoms. The molecule has 0 saturated carbocycles. The molecule has 0 aliphatic rings. The van der Waals surface area contributed by atoms with E-state index in [1.807, 2.05) is 30.3 Å². The van der Waals surface area contributed by atoms with E-state index in [2.05, 4.69) is 15.4 Å². The van der Waals surface area contributed by atoms with E-state index in [1.54, 1.807) is 0 Å². The van der Waals surface area contributed by atoms with Crippen molar-refractivity contribution < 1.29 is 32.3 Å². The number of aryl methyl sites for hydroxylation is 1. The van der Waals surface area contributed by atoms with Crippen LogP contribution in [-0.4, -0.2) is 67.2 Å². The number of hydrogen-bond donors (Lipinski definition) is 5. The Hall–Kier alpha value is -3.68. The van der Waals surface area contributed by atoms with Gasteiger partial charge in [-0.2, -0.15) is 0 Å². The normalized spacial score (nSPS) is 12.8. The van der Waals surface area contributed by atoms with Crippen molar-refractivity contribution >= 4 is 17.7 Å². The summed E-state index contributed by atoms with van der Waals surface area (Å²) in [5, 5.41) is 5.30. The van der Waals surface area contributed by atoms with Crippen LogP contribution in [0.1, 0.15) is 24.0 Å². The van der Waals surface area contributed by atoms with Crippen molar-refractivity contribution in [3.05, 3.63) is 65.7 Å². The maximum Gasteiger partial charge on any atom is 0.573 e. The molecule has 8 N–H and O–H groups in total. The summed E-state index contributed by atoms with van der Waals surface area (Å²) in [5.74, 6) is -1.95. The minimum absolute atomic E-state index is 0.000512. The Morgan fingerprint density at radius 2 is 1.51 bits per heavy atom. The van der Waals surface area contributed by atoms with Crippen molar-refractivity contribution in [1.29, 1.82) is 0 Å². The number of halogens is 3. The van der Waals surface area contributed by atoms with Crippen molar-refractivity contribution in [2.45, 2.75) is 44.3 Å². The summed E-state index contributed by atoms with van der Waals surface area (Å²) in [6, 6.07) is 12.2. The minimum atomic E-state index is -4.81. The van der Waals surface area contributed by atoms with Crippen molar-refractivity contribution in [3.8, 4) is 5.75 Å². The lowest BCUT2D eigenvalue weighted by molar-refractivity contribution is -0.274. The molecule has 0 radical (unpaired) electrons.